The maximum atomic E-state index is 14.0. The Bertz CT molecular complexity index is 676. The van der Waals surface area contributed by atoms with Crippen molar-refractivity contribution in [1.29, 1.82) is 0 Å². The van der Waals surface area contributed by atoms with Crippen molar-refractivity contribution in [2.75, 3.05) is 20.6 Å². The molecule has 5 nitrogen and oxygen atoms in total. The van der Waals surface area contributed by atoms with E-state index in [-0.39, 0.29) is 29.8 Å². The van der Waals surface area contributed by atoms with Crippen LogP contribution in [0.2, 0.25) is 0 Å². The number of benzene rings is 1. The molecule has 0 aliphatic rings. The van der Waals surface area contributed by atoms with E-state index in [2.05, 4.69) is 15.3 Å². The predicted molar refractivity (Wildman–Crippen MR) is 110 cm³/mol. The minimum absolute atomic E-state index is 0. The average Bonchev–Trinajstić information content (AvgIpc) is 2.56. The van der Waals surface area contributed by atoms with Crippen LogP contribution in [0.4, 0.5) is 4.39 Å². The first kappa shape index (κ1) is 21.3. The summed E-state index contributed by atoms with van der Waals surface area (Å²) in [5.74, 6) is 0.141. The summed E-state index contributed by atoms with van der Waals surface area (Å²) in [6.45, 7) is 1.58. The van der Waals surface area contributed by atoms with Crippen LogP contribution >= 0.6 is 24.0 Å². The smallest absolute Gasteiger partial charge is 0.188 e. The Morgan fingerprint density at radius 3 is 2.72 bits per heavy atom. The van der Waals surface area contributed by atoms with Crippen LogP contribution in [-0.2, 0) is 19.5 Å². The Kier molecular flexibility index (Phi) is 9.36. The zero-order chi connectivity index (χ0) is 17.4. The van der Waals surface area contributed by atoms with Crippen LogP contribution in [-0.4, -0.2) is 36.5 Å². The maximum absolute atomic E-state index is 14.0. The standard InChI is InChI=1S/C18H24FN5.HI/c1-24(2)13-15-7-6-14(11-17(15)19)12-23-18(20)22-10-8-16-5-3-4-9-21-16;/h3-7,9,11H,8,10,12-13H2,1-2H3,(H3,20,22,23);1H. The molecular formula is C18H25FIN5. The molecule has 0 unspecified atom stereocenters. The van der Waals surface area contributed by atoms with Gasteiger partial charge in [0.15, 0.2) is 5.96 Å². The maximum Gasteiger partial charge on any atom is 0.188 e. The number of aliphatic imine (C=N–C) groups is 1. The summed E-state index contributed by atoms with van der Waals surface area (Å²) >= 11 is 0. The van der Waals surface area contributed by atoms with Crippen LogP contribution in [0.1, 0.15) is 16.8 Å². The second kappa shape index (κ2) is 11.0. The van der Waals surface area contributed by atoms with E-state index in [0.717, 1.165) is 17.7 Å². The Morgan fingerprint density at radius 1 is 1.28 bits per heavy atom. The van der Waals surface area contributed by atoms with Gasteiger partial charge in [-0.3, -0.25) is 4.98 Å². The fourth-order valence-corrected chi connectivity index (χ4v) is 2.26. The highest BCUT2D eigenvalue weighted by Crippen LogP contribution is 2.12. The van der Waals surface area contributed by atoms with E-state index in [9.17, 15) is 4.39 Å². The number of pyridine rings is 1. The SMILES string of the molecule is CN(C)Cc1ccc(CN=C(N)NCCc2ccccn2)cc1F.I. The Morgan fingerprint density at radius 2 is 2.08 bits per heavy atom. The third-order valence-electron chi connectivity index (χ3n) is 3.45. The summed E-state index contributed by atoms with van der Waals surface area (Å²) in [7, 11) is 3.82. The van der Waals surface area contributed by atoms with Crippen LogP contribution in [0, 0.1) is 5.82 Å². The lowest BCUT2D eigenvalue weighted by molar-refractivity contribution is 0.392. The molecule has 25 heavy (non-hydrogen) atoms. The van der Waals surface area contributed by atoms with Gasteiger partial charge in [-0.1, -0.05) is 18.2 Å². The highest BCUT2D eigenvalue weighted by Gasteiger charge is 2.04. The lowest BCUT2D eigenvalue weighted by Crippen LogP contribution is -2.33. The highest BCUT2D eigenvalue weighted by atomic mass is 127. The first-order valence-corrected chi connectivity index (χ1v) is 7.90. The van der Waals surface area contributed by atoms with Crippen LogP contribution in [0.15, 0.2) is 47.6 Å². The quantitative estimate of drug-likeness (QED) is 0.381. The molecule has 0 bridgehead atoms. The van der Waals surface area contributed by atoms with E-state index in [4.69, 9.17) is 5.73 Å². The Hall–Kier alpha value is -1.74. The van der Waals surface area contributed by atoms with Crippen molar-refractivity contribution < 1.29 is 4.39 Å². The number of halogens is 2. The number of aromatic nitrogens is 1. The van der Waals surface area contributed by atoms with Gasteiger partial charge in [-0.05, 0) is 37.9 Å². The molecule has 0 saturated heterocycles. The van der Waals surface area contributed by atoms with Crippen LogP contribution < -0.4 is 11.1 Å². The van der Waals surface area contributed by atoms with Crippen molar-refractivity contribution in [3.63, 3.8) is 0 Å². The van der Waals surface area contributed by atoms with Crippen molar-refractivity contribution in [1.82, 2.24) is 15.2 Å². The number of hydrogen-bond donors (Lipinski definition) is 2. The van der Waals surface area contributed by atoms with Gasteiger partial charge in [0, 0.05) is 37.0 Å². The van der Waals surface area contributed by atoms with Gasteiger partial charge < -0.3 is 16.0 Å². The molecule has 0 radical (unpaired) electrons. The predicted octanol–water partition coefficient (Wildman–Crippen LogP) is 2.55. The number of rotatable bonds is 7. The molecule has 0 aliphatic heterocycles. The normalized spacial score (nSPS) is 11.3. The molecule has 0 amide bonds. The molecular weight excluding hydrogens is 432 g/mol. The molecule has 136 valence electrons. The minimum Gasteiger partial charge on any atom is -0.370 e. The third-order valence-corrected chi connectivity index (χ3v) is 3.45. The first-order valence-electron chi connectivity index (χ1n) is 7.90. The topological polar surface area (TPSA) is 66.5 Å². The lowest BCUT2D eigenvalue weighted by atomic mass is 10.1. The molecule has 1 aromatic heterocycles. The summed E-state index contributed by atoms with van der Waals surface area (Å²) in [5, 5.41) is 3.04. The van der Waals surface area contributed by atoms with Crippen molar-refractivity contribution in [2.45, 2.75) is 19.5 Å². The lowest BCUT2D eigenvalue weighted by Gasteiger charge is -2.11. The molecule has 0 aliphatic carbocycles. The fraction of sp³-hybridized carbons (Fsp3) is 0.333. The molecule has 0 spiro atoms. The van der Waals surface area contributed by atoms with Gasteiger partial charge in [0.05, 0.1) is 6.54 Å². The zero-order valence-electron chi connectivity index (χ0n) is 14.6. The molecule has 0 fully saturated rings. The highest BCUT2D eigenvalue weighted by molar-refractivity contribution is 14.0. The van der Waals surface area contributed by atoms with Crippen molar-refractivity contribution >= 4 is 29.9 Å². The van der Waals surface area contributed by atoms with Crippen LogP contribution in [0.3, 0.4) is 0 Å². The van der Waals surface area contributed by atoms with Crippen molar-refractivity contribution in [3.8, 4) is 0 Å². The second-order valence-corrected chi connectivity index (χ2v) is 5.86. The van der Waals surface area contributed by atoms with Crippen LogP contribution in [0.5, 0.6) is 0 Å². The number of nitrogens with zero attached hydrogens (tertiary/aromatic N) is 3. The van der Waals surface area contributed by atoms with Crippen molar-refractivity contribution in [2.24, 2.45) is 10.7 Å². The van der Waals surface area contributed by atoms with Gasteiger partial charge in [0.2, 0.25) is 0 Å². The van der Waals surface area contributed by atoms with Gasteiger partial charge in [-0.15, -0.1) is 24.0 Å². The largest absolute Gasteiger partial charge is 0.370 e. The Labute approximate surface area is 165 Å². The fourth-order valence-electron chi connectivity index (χ4n) is 2.26. The molecule has 3 N–H and O–H groups in total. The average molecular weight is 457 g/mol. The molecule has 0 saturated carbocycles. The van der Waals surface area contributed by atoms with Gasteiger partial charge in [0.1, 0.15) is 5.82 Å². The molecule has 2 rings (SSSR count). The zero-order valence-corrected chi connectivity index (χ0v) is 16.9. The number of hydrogen-bond acceptors (Lipinski definition) is 3. The second-order valence-electron chi connectivity index (χ2n) is 5.86. The van der Waals surface area contributed by atoms with E-state index in [1.54, 1.807) is 12.3 Å². The summed E-state index contributed by atoms with van der Waals surface area (Å²) in [6.07, 6.45) is 2.53. The van der Waals surface area contributed by atoms with E-state index >= 15 is 0 Å². The molecule has 1 heterocycles. The van der Waals surface area contributed by atoms with E-state index < -0.39 is 0 Å². The minimum atomic E-state index is -0.210. The summed E-state index contributed by atoms with van der Waals surface area (Å²) < 4.78 is 14.0. The van der Waals surface area contributed by atoms with E-state index in [1.165, 1.54) is 6.07 Å². The molecule has 0 atom stereocenters. The Balaban J connectivity index is 0.00000312. The third kappa shape index (κ3) is 7.78. The molecule has 7 heteroatoms. The molecule has 1 aromatic carbocycles. The molecule has 2 aromatic rings. The summed E-state index contributed by atoms with van der Waals surface area (Å²) in [4.78, 5) is 10.4. The number of nitrogens with two attached hydrogens (primary N) is 1. The van der Waals surface area contributed by atoms with Crippen LogP contribution in [0.25, 0.3) is 0 Å². The monoisotopic (exact) mass is 457 g/mol. The van der Waals surface area contributed by atoms with E-state index in [0.29, 0.717) is 31.2 Å². The van der Waals surface area contributed by atoms with Gasteiger partial charge in [0.25, 0.3) is 0 Å². The van der Waals surface area contributed by atoms with Gasteiger partial charge in [-0.25, -0.2) is 9.38 Å². The van der Waals surface area contributed by atoms with Gasteiger partial charge >= 0.3 is 0 Å². The summed E-state index contributed by atoms with van der Waals surface area (Å²) in [5.41, 5.74) is 8.31. The number of guanidine groups is 1. The van der Waals surface area contributed by atoms with Gasteiger partial charge in [-0.2, -0.15) is 0 Å². The van der Waals surface area contributed by atoms with E-state index in [1.807, 2.05) is 43.3 Å². The number of nitrogens with one attached hydrogen (secondary N) is 1. The first-order chi connectivity index (χ1) is 11.5. The summed E-state index contributed by atoms with van der Waals surface area (Å²) in [6, 6.07) is 11.0. The van der Waals surface area contributed by atoms with Crippen molar-refractivity contribution in [3.05, 3.63) is 65.2 Å².